The third-order valence-corrected chi connectivity index (χ3v) is 13.1. The summed E-state index contributed by atoms with van der Waals surface area (Å²) in [5.41, 5.74) is 19.9. The molecule has 0 spiro atoms. The van der Waals surface area contributed by atoms with E-state index in [9.17, 15) is 0 Å². The van der Waals surface area contributed by atoms with E-state index in [0.29, 0.717) is 0 Å². The van der Waals surface area contributed by atoms with Gasteiger partial charge in [-0.15, -0.1) is 0 Å². The molecule has 0 unspecified atom stereocenters. The summed E-state index contributed by atoms with van der Waals surface area (Å²) >= 11 is 0. The van der Waals surface area contributed by atoms with Crippen molar-refractivity contribution in [1.82, 2.24) is 9.13 Å². The highest BCUT2D eigenvalue weighted by atomic mass is 15.0. The first-order valence-corrected chi connectivity index (χ1v) is 21.3. The normalized spacial score (nSPS) is 13.1. The standard InChI is InChI=1S/C59H42N2/c1-59(2)53-37-43(41-26-23-39(24-27-41)21-22-40-25-33-57-51(35-40)49-17-9-11-19-55(49)60(57)45-13-5-3-6-14-45)28-31-47(53)48-32-29-44(38-54(48)59)42-30-34-58-52(36-42)50-18-10-12-20-56(50)61(58)46-15-7-4-8-16-46/h3-38H,1-2H3. The maximum atomic E-state index is 2.44. The van der Waals surface area contributed by atoms with Crippen molar-refractivity contribution in [3.05, 3.63) is 229 Å². The number of hydrogen-bond donors (Lipinski definition) is 0. The molecular weight excluding hydrogens is 737 g/mol. The van der Waals surface area contributed by atoms with Crippen molar-refractivity contribution in [3.8, 4) is 44.8 Å². The first kappa shape index (κ1) is 35.3. The lowest BCUT2D eigenvalue weighted by Crippen LogP contribution is -2.15. The van der Waals surface area contributed by atoms with E-state index in [4.69, 9.17) is 0 Å². The van der Waals surface area contributed by atoms with E-state index in [-0.39, 0.29) is 5.41 Å². The van der Waals surface area contributed by atoms with E-state index in [0.717, 1.165) is 0 Å². The van der Waals surface area contributed by atoms with Crippen LogP contribution in [-0.4, -0.2) is 9.13 Å². The lowest BCUT2D eigenvalue weighted by Gasteiger charge is -2.22. The Morgan fingerprint density at radius 3 is 1.33 bits per heavy atom. The van der Waals surface area contributed by atoms with Gasteiger partial charge in [0.25, 0.3) is 0 Å². The molecule has 0 N–H and O–H groups in total. The van der Waals surface area contributed by atoms with Crippen LogP contribution in [0.15, 0.2) is 206 Å². The summed E-state index contributed by atoms with van der Waals surface area (Å²) in [5, 5.41) is 5.08. The van der Waals surface area contributed by atoms with Crippen LogP contribution in [0.4, 0.5) is 0 Å². The minimum Gasteiger partial charge on any atom is -0.309 e. The molecule has 0 saturated carbocycles. The van der Waals surface area contributed by atoms with Crippen LogP contribution in [0.5, 0.6) is 0 Å². The Hall–Kier alpha value is -7.68. The topological polar surface area (TPSA) is 9.86 Å². The first-order chi connectivity index (χ1) is 30.0. The van der Waals surface area contributed by atoms with Crippen LogP contribution in [-0.2, 0) is 5.41 Å². The molecule has 11 aromatic rings. The number of fused-ring (bicyclic) bond motifs is 9. The Morgan fingerprint density at radius 2 is 0.738 bits per heavy atom. The van der Waals surface area contributed by atoms with Gasteiger partial charge in [-0.05, 0) is 128 Å². The second-order valence-corrected chi connectivity index (χ2v) is 17.0. The van der Waals surface area contributed by atoms with E-state index >= 15 is 0 Å². The molecule has 2 heterocycles. The van der Waals surface area contributed by atoms with E-state index in [1.54, 1.807) is 0 Å². The average Bonchev–Trinajstić information content (AvgIpc) is 3.91. The quantitative estimate of drug-likeness (QED) is 0.149. The molecule has 2 nitrogen and oxygen atoms in total. The van der Waals surface area contributed by atoms with Crippen LogP contribution in [0, 0.1) is 0 Å². The summed E-state index contributed by atoms with van der Waals surface area (Å²) in [6.07, 6.45) is 4.45. The number of nitrogens with zero attached hydrogens (tertiary/aromatic N) is 2. The highest BCUT2D eigenvalue weighted by molar-refractivity contribution is 6.11. The average molecular weight is 779 g/mol. The van der Waals surface area contributed by atoms with Gasteiger partial charge in [0.1, 0.15) is 0 Å². The van der Waals surface area contributed by atoms with Crippen LogP contribution >= 0.6 is 0 Å². The Bertz CT molecular complexity index is 3530. The van der Waals surface area contributed by atoms with Crippen molar-refractivity contribution in [3.63, 3.8) is 0 Å². The Kier molecular flexibility index (Phi) is 7.92. The number of aromatic nitrogens is 2. The van der Waals surface area contributed by atoms with Gasteiger partial charge in [0, 0.05) is 38.3 Å². The van der Waals surface area contributed by atoms with Gasteiger partial charge in [0.2, 0.25) is 0 Å². The smallest absolute Gasteiger partial charge is 0.0541 e. The molecule has 288 valence electrons. The maximum absolute atomic E-state index is 2.44. The van der Waals surface area contributed by atoms with E-state index in [1.165, 1.54) is 111 Å². The SMILES string of the molecule is CC1(C)c2cc(-c3ccc(C=Cc4ccc5c(c4)c4ccccc4n5-c4ccccc4)cc3)ccc2-c2ccc(-c3ccc4c(c3)c3ccccc3n4-c3ccccc3)cc21. The van der Waals surface area contributed by atoms with Crippen molar-refractivity contribution in [2.75, 3.05) is 0 Å². The fraction of sp³-hybridized carbons (Fsp3) is 0.0508. The Labute approximate surface area is 355 Å². The molecule has 0 saturated heterocycles. The molecule has 0 atom stereocenters. The monoisotopic (exact) mass is 778 g/mol. The van der Waals surface area contributed by atoms with Crippen LogP contribution in [0.2, 0.25) is 0 Å². The van der Waals surface area contributed by atoms with Crippen LogP contribution < -0.4 is 0 Å². The predicted molar refractivity (Wildman–Crippen MR) is 259 cm³/mol. The molecule has 0 aliphatic heterocycles. The molecule has 0 amide bonds. The molecule has 12 rings (SSSR count). The summed E-state index contributed by atoms with van der Waals surface area (Å²) in [5.74, 6) is 0. The van der Waals surface area contributed by atoms with Gasteiger partial charge >= 0.3 is 0 Å². The molecule has 2 aromatic heterocycles. The Morgan fingerprint density at radius 1 is 0.328 bits per heavy atom. The van der Waals surface area contributed by atoms with Crippen molar-refractivity contribution in [2.45, 2.75) is 19.3 Å². The van der Waals surface area contributed by atoms with E-state index in [1.807, 2.05) is 0 Å². The zero-order chi connectivity index (χ0) is 40.7. The van der Waals surface area contributed by atoms with Crippen LogP contribution in [0.25, 0.3) is 101 Å². The lowest BCUT2D eigenvalue weighted by molar-refractivity contribution is 0.661. The Balaban J connectivity index is 0.826. The summed E-state index contributed by atoms with van der Waals surface area (Å²) in [4.78, 5) is 0. The third kappa shape index (κ3) is 5.64. The van der Waals surface area contributed by atoms with Crippen molar-refractivity contribution in [2.24, 2.45) is 0 Å². The van der Waals surface area contributed by atoms with Gasteiger partial charge in [-0.3, -0.25) is 0 Å². The third-order valence-electron chi connectivity index (χ3n) is 13.1. The minimum atomic E-state index is -0.138. The van der Waals surface area contributed by atoms with Gasteiger partial charge < -0.3 is 9.13 Å². The number of hydrogen-bond acceptors (Lipinski definition) is 0. The zero-order valence-electron chi connectivity index (χ0n) is 34.2. The predicted octanol–water partition coefficient (Wildman–Crippen LogP) is 15.7. The highest BCUT2D eigenvalue weighted by Crippen LogP contribution is 2.51. The lowest BCUT2D eigenvalue weighted by atomic mass is 9.81. The molecular formula is C59H42N2. The molecule has 1 aliphatic rings. The fourth-order valence-corrected chi connectivity index (χ4v) is 10.0. The number of benzene rings is 9. The molecule has 0 bridgehead atoms. The summed E-state index contributed by atoms with van der Waals surface area (Å²) in [6, 6.07) is 75.7. The number of para-hydroxylation sites is 4. The largest absolute Gasteiger partial charge is 0.309 e. The van der Waals surface area contributed by atoms with Crippen molar-refractivity contribution >= 4 is 55.8 Å². The van der Waals surface area contributed by atoms with Crippen LogP contribution in [0.1, 0.15) is 36.1 Å². The van der Waals surface area contributed by atoms with E-state index < -0.39 is 0 Å². The van der Waals surface area contributed by atoms with Crippen LogP contribution in [0.3, 0.4) is 0 Å². The molecule has 61 heavy (non-hydrogen) atoms. The molecule has 1 aliphatic carbocycles. The minimum absolute atomic E-state index is 0.138. The highest BCUT2D eigenvalue weighted by Gasteiger charge is 2.36. The summed E-state index contributed by atoms with van der Waals surface area (Å²) in [7, 11) is 0. The molecule has 0 fully saturated rings. The van der Waals surface area contributed by atoms with Gasteiger partial charge in [0.05, 0.1) is 22.1 Å². The summed E-state index contributed by atoms with van der Waals surface area (Å²) < 4.78 is 4.74. The van der Waals surface area contributed by atoms with Crippen molar-refractivity contribution in [1.29, 1.82) is 0 Å². The molecule has 0 radical (unpaired) electrons. The number of rotatable bonds is 6. The summed E-state index contributed by atoms with van der Waals surface area (Å²) in [6.45, 7) is 4.76. The molecule has 2 heteroatoms. The van der Waals surface area contributed by atoms with Gasteiger partial charge in [-0.2, -0.15) is 0 Å². The fourth-order valence-electron chi connectivity index (χ4n) is 10.0. The second kappa shape index (κ2) is 13.7. The van der Waals surface area contributed by atoms with Gasteiger partial charge in [-0.25, -0.2) is 0 Å². The molecule has 9 aromatic carbocycles. The van der Waals surface area contributed by atoms with Gasteiger partial charge in [0.15, 0.2) is 0 Å². The second-order valence-electron chi connectivity index (χ2n) is 17.0. The first-order valence-electron chi connectivity index (χ1n) is 21.3. The maximum Gasteiger partial charge on any atom is 0.0541 e. The zero-order valence-corrected chi connectivity index (χ0v) is 34.2. The van der Waals surface area contributed by atoms with Crippen molar-refractivity contribution < 1.29 is 0 Å². The van der Waals surface area contributed by atoms with Gasteiger partial charge in [-0.1, -0.05) is 159 Å². The van der Waals surface area contributed by atoms with E-state index in [2.05, 4.69) is 241 Å².